The van der Waals surface area contributed by atoms with Gasteiger partial charge in [-0.1, -0.05) is 17.7 Å². The molecule has 0 radical (unpaired) electrons. The zero-order chi connectivity index (χ0) is 15.6. The van der Waals surface area contributed by atoms with E-state index < -0.39 is 10.0 Å². The van der Waals surface area contributed by atoms with Gasteiger partial charge in [-0.15, -0.1) is 0 Å². The lowest BCUT2D eigenvalue weighted by atomic mass is 10.2. The Bertz CT molecular complexity index is 776. The fraction of sp³-hybridized carbons (Fsp3) is 0.143. The van der Waals surface area contributed by atoms with Crippen molar-refractivity contribution in [3.63, 3.8) is 0 Å². The number of sulfonamides is 1. The van der Waals surface area contributed by atoms with Crippen LogP contribution in [0.15, 0.2) is 41.3 Å². The first-order valence-electron chi connectivity index (χ1n) is 6.06. The highest BCUT2D eigenvalue weighted by Crippen LogP contribution is 2.28. The van der Waals surface area contributed by atoms with Crippen LogP contribution in [0.1, 0.15) is 5.56 Å². The summed E-state index contributed by atoms with van der Waals surface area (Å²) in [6.07, 6.45) is 0. The molecule has 0 heterocycles. The molecule has 3 N–H and O–H groups in total. The van der Waals surface area contributed by atoms with E-state index in [1.165, 1.54) is 19.2 Å². The van der Waals surface area contributed by atoms with Crippen molar-refractivity contribution in [1.82, 2.24) is 0 Å². The smallest absolute Gasteiger partial charge is 0.262 e. The third kappa shape index (κ3) is 3.22. The topological polar surface area (TPSA) is 81.4 Å². The normalized spacial score (nSPS) is 11.2. The molecule has 0 aliphatic rings. The second-order valence-electron chi connectivity index (χ2n) is 4.43. The molecular formula is C14H15ClN2O3S. The van der Waals surface area contributed by atoms with E-state index in [9.17, 15) is 8.42 Å². The maximum Gasteiger partial charge on any atom is 0.262 e. The molecule has 0 atom stereocenters. The summed E-state index contributed by atoms with van der Waals surface area (Å²) >= 11 is 5.96. The van der Waals surface area contributed by atoms with Crippen molar-refractivity contribution >= 4 is 33.0 Å². The Labute approximate surface area is 128 Å². The van der Waals surface area contributed by atoms with E-state index in [1.54, 1.807) is 31.2 Å². The number of nitrogens with one attached hydrogen (secondary N) is 1. The molecular weight excluding hydrogens is 312 g/mol. The number of methoxy groups -OCH3 is 1. The van der Waals surface area contributed by atoms with E-state index >= 15 is 0 Å². The summed E-state index contributed by atoms with van der Waals surface area (Å²) in [7, 11) is -2.27. The highest BCUT2D eigenvalue weighted by molar-refractivity contribution is 7.92. The number of benzene rings is 2. The van der Waals surface area contributed by atoms with Gasteiger partial charge in [-0.2, -0.15) is 0 Å². The predicted octanol–water partition coefficient (Wildman–Crippen LogP) is 3.04. The quantitative estimate of drug-likeness (QED) is 0.846. The summed E-state index contributed by atoms with van der Waals surface area (Å²) in [4.78, 5) is 0.130. The third-order valence-electron chi connectivity index (χ3n) is 2.99. The summed E-state index contributed by atoms with van der Waals surface area (Å²) in [5.74, 6) is 0.401. The average Bonchev–Trinajstić information content (AvgIpc) is 2.43. The van der Waals surface area contributed by atoms with Crippen LogP contribution in [0.2, 0.25) is 5.02 Å². The van der Waals surface area contributed by atoms with Crippen molar-refractivity contribution in [2.24, 2.45) is 0 Å². The second-order valence-corrected chi connectivity index (χ2v) is 6.48. The maximum atomic E-state index is 12.4. The van der Waals surface area contributed by atoms with E-state index in [0.717, 1.165) is 0 Å². The molecule has 0 aromatic heterocycles. The molecule has 0 aliphatic heterocycles. The van der Waals surface area contributed by atoms with Gasteiger partial charge >= 0.3 is 0 Å². The molecule has 0 fully saturated rings. The standard InChI is InChI=1S/C14H15ClN2O3S/c1-9-11(15)4-3-5-14(9)21(18,19)17-10-6-7-12(16)13(8-10)20-2/h3-8,17H,16H2,1-2H3. The van der Waals surface area contributed by atoms with E-state index in [0.29, 0.717) is 27.7 Å². The molecule has 112 valence electrons. The van der Waals surface area contributed by atoms with Gasteiger partial charge in [0.05, 0.1) is 23.4 Å². The molecule has 5 nitrogen and oxygen atoms in total. The molecule has 21 heavy (non-hydrogen) atoms. The van der Waals surface area contributed by atoms with E-state index in [2.05, 4.69) is 4.72 Å². The van der Waals surface area contributed by atoms with Crippen molar-refractivity contribution in [3.8, 4) is 5.75 Å². The van der Waals surface area contributed by atoms with E-state index in [1.807, 2.05) is 0 Å². The zero-order valence-electron chi connectivity index (χ0n) is 11.6. The van der Waals surface area contributed by atoms with Crippen LogP contribution >= 0.6 is 11.6 Å². The van der Waals surface area contributed by atoms with Crippen molar-refractivity contribution < 1.29 is 13.2 Å². The maximum absolute atomic E-state index is 12.4. The lowest BCUT2D eigenvalue weighted by Crippen LogP contribution is -2.14. The van der Waals surface area contributed by atoms with E-state index in [-0.39, 0.29) is 4.90 Å². The van der Waals surface area contributed by atoms with Crippen LogP contribution in [0.25, 0.3) is 0 Å². The first-order valence-corrected chi connectivity index (χ1v) is 7.92. The Morgan fingerprint density at radius 1 is 1.24 bits per heavy atom. The molecule has 0 aliphatic carbocycles. The Morgan fingerprint density at radius 3 is 2.62 bits per heavy atom. The summed E-state index contributed by atoms with van der Waals surface area (Å²) in [6.45, 7) is 1.65. The molecule has 0 bridgehead atoms. The van der Waals surface area contributed by atoms with Crippen LogP contribution in [0.5, 0.6) is 5.75 Å². The van der Waals surface area contributed by atoms with Gasteiger partial charge in [0, 0.05) is 11.1 Å². The molecule has 0 spiro atoms. The minimum Gasteiger partial charge on any atom is -0.495 e. The van der Waals surface area contributed by atoms with Gasteiger partial charge in [0.25, 0.3) is 10.0 Å². The largest absolute Gasteiger partial charge is 0.495 e. The SMILES string of the molecule is COc1cc(NS(=O)(=O)c2cccc(Cl)c2C)ccc1N. The van der Waals surface area contributed by atoms with Crippen molar-refractivity contribution in [1.29, 1.82) is 0 Å². The van der Waals surface area contributed by atoms with Crippen LogP contribution in [-0.4, -0.2) is 15.5 Å². The molecule has 0 saturated carbocycles. The molecule has 0 unspecified atom stereocenters. The fourth-order valence-corrected chi connectivity index (χ4v) is 3.41. The number of nitrogens with two attached hydrogens (primary N) is 1. The van der Waals surface area contributed by atoms with Crippen LogP contribution in [-0.2, 0) is 10.0 Å². The van der Waals surface area contributed by atoms with Crippen LogP contribution in [0, 0.1) is 6.92 Å². The van der Waals surface area contributed by atoms with Crippen LogP contribution in [0.3, 0.4) is 0 Å². The first-order chi connectivity index (χ1) is 9.85. The van der Waals surface area contributed by atoms with Crippen LogP contribution in [0.4, 0.5) is 11.4 Å². The second kappa shape index (κ2) is 5.83. The number of hydrogen-bond donors (Lipinski definition) is 2. The monoisotopic (exact) mass is 326 g/mol. The number of anilines is 2. The molecule has 2 rings (SSSR count). The lowest BCUT2D eigenvalue weighted by Gasteiger charge is -2.12. The fourth-order valence-electron chi connectivity index (χ4n) is 1.86. The molecule has 2 aromatic rings. The number of rotatable bonds is 4. The zero-order valence-corrected chi connectivity index (χ0v) is 13.1. The van der Waals surface area contributed by atoms with Crippen molar-refractivity contribution in [2.75, 3.05) is 17.6 Å². The number of nitrogen functional groups attached to an aromatic ring is 1. The predicted molar refractivity (Wildman–Crippen MR) is 84.4 cm³/mol. The van der Waals surface area contributed by atoms with Crippen molar-refractivity contribution in [2.45, 2.75) is 11.8 Å². The number of hydrogen-bond acceptors (Lipinski definition) is 4. The highest BCUT2D eigenvalue weighted by atomic mass is 35.5. The minimum absolute atomic E-state index is 0.130. The van der Waals surface area contributed by atoms with Gasteiger partial charge in [0.1, 0.15) is 5.75 Å². The number of halogens is 1. The minimum atomic E-state index is -3.74. The lowest BCUT2D eigenvalue weighted by molar-refractivity contribution is 0.417. The van der Waals surface area contributed by atoms with Crippen molar-refractivity contribution in [3.05, 3.63) is 47.0 Å². The first kappa shape index (κ1) is 15.5. The molecule has 2 aromatic carbocycles. The van der Waals surface area contributed by atoms with Gasteiger partial charge in [0.2, 0.25) is 0 Å². The van der Waals surface area contributed by atoms with E-state index in [4.69, 9.17) is 22.1 Å². The van der Waals surface area contributed by atoms with Gasteiger partial charge < -0.3 is 10.5 Å². The highest BCUT2D eigenvalue weighted by Gasteiger charge is 2.18. The summed E-state index contributed by atoms with van der Waals surface area (Å²) in [5.41, 5.74) is 6.99. The van der Waals surface area contributed by atoms with Gasteiger partial charge in [-0.3, -0.25) is 4.72 Å². The number of ether oxygens (including phenoxy) is 1. The summed E-state index contributed by atoms with van der Waals surface area (Å²) in [5, 5.41) is 0.396. The molecule has 0 saturated heterocycles. The van der Waals surface area contributed by atoms with Crippen LogP contribution < -0.4 is 15.2 Å². The Hall–Kier alpha value is -1.92. The third-order valence-corrected chi connectivity index (χ3v) is 4.93. The van der Waals surface area contributed by atoms with Gasteiger partial charge in [0.15, 0.2) is 0 Å². The Kier molecular flexibility index (Phi) is 4.29. The average molecular weight is 327 g/mol. The summed E-state index contributed by atoms with van der Waals surface area (Å²) < 4.78 is 32.4. The Morgan fingerprint density at radius 2 is 1.95 bits per heavy atom. The van der Waals surface area contributed by atoms with Gasteiger partial charge in [-0.05, 0) is 36.8 Å². The Balaban J connectivity index is 2.40. The summed E-state index contributed by atoms with van der Waals surface area (Å²) in [6, 6.07) is 9.39. The molecule has 7 heteroatoms. The van der Waals surface area contributed by atoms with Gasteiger partial charge in [-0.25, -0.2) is 8.42 Å². The molecule has 0 amide bonds.